The van der Waals surface area contributed by atoms with Crippen molar-refractivity contribution in [3.63, 3.8) is 0 Å². The Bertz CT molecular complexity index is 904. The van der Waals surface area contributed by atoms with Crippen molar-refractivity contribution < 1.29 is 9.90 Å². The molecule has 2 saturated heterocycles. The van der Waals surface area contributed by atoms with Crippen LogP contribution in [0.2, 0.25) is 0 Å². The second kappa shape index (κ2) is 8.83. The van der Waals surface area contributed by atoms with Gasteiger partial charge in [0, 0.05) is 19.1 Å². The van der Waals surface area contributed by atoms with Gasteiger partial charge < -0.3 is 14.9 Å². The molecular formula is C22H27N5O2S. The molecule has 30 heavy (non-hydrogen) atoms. The van der Waals surface area contributed by atoms with Crippen molar-refractivity contribution in [2.75, 3.05) is 31.1 Å². The molecule has 3 fully saturated rings. The van der Waals surface area contributed by atoms with Crippen molar-refractivity contribution in [1.82, 2.24) is 9.88 Å². The number of rotatable bonds is 6. The molecule has 158 valence electrons. The van der Waals surface area contributed by atoms with Gasteiger partial charge in [-0.05, 0) is 70.0 Å². The molecule has 0 bridgehead atoms. The van der Waals surface area contributed by atoms with Crippen molar-refractivity contribution in [2.45, 2.75) is 67.7 Å². The fourth-order valence-corrected chi connectivity index (χ4v) is 5.50. The summed E-state index contributed by atoms with van der Waals surface area (Å²) in [6, 6.07) is 5.16. The number of piperidine rings is 1. The number of carbonyl (C=O) groups is 1. The SMILES string of the molecule is CC(Sc1nc(N2CCC(N3CCCC3)CC2)c(C#N)c(C2CC2)c1C#N)C(=O)O. The first-order valence-electron chi connectivity index (χ1n) is 10.8. The lowest BCUT2D eigenvalue weighted by Crippen LogP contribution is -2.44. The number of aromatic nitrogens is 1. The first kappa shape index (κ1) is 21.0. The molecule has 1 saturated carbocycles. The quantitative estimate of drug-likeness (QED) is 0.692. The molecule has 1 unspecified atom stereocenters. The zero-order chi connectivity index (χ0) is 21.3. The molecule has 1 N–H and O–H groups in total. The van der Waals surface area contributed by atoms with E-state index in [1.807, 2.05) is 0 Å². The highest BCUT2D eigenvalue weighted by Crippen LogP contribution is 2.47. The summed E-state index contributed by atoms with van der Waals surface area (Å²) in [6.45, 7) is 5.63. The Hall–Kier alpha value is -2.29. The van der Waals surface area contributed by atoms with Crippen molar-refractivity contribution in [3.8, 4) is 12.1 Å². The number of hydrogen-bond donors (Lipinski definition) is 1. The van der Waals surface area contributed by atoms with Crippen LogP contribution in [0, 0.1) is 22.7 Å². The van der Waals surface area contributed by atoms with Crippen LogP contribution in [0.25, 0.3) is 0 Å². The zero-order valence-corrected chi connectivity index (χ0v) is 18.1. The molecule has 0 radical (unpaired) electrons. The lowest BCUT2D eigenvalue weighted by molar-refractivity contribution is -0.136. The Morgan fingerprint density at radius 3 is 2.27 bits per heavy atom. The van der Waals surface area contributed by atoms with Gasteiger partial charge in [-0.3, -0.25) is 4.79 Å². The molecule has 0 aromatic carbocycles. The summed E-state index contributed by atoms with van der Waals surface area (Å²) in [6.07, 6.45) is 6.57. The highest BCUT2D eigenvalue weighted by molar-refractivity contribution is 8.00. The number of carboxylic acid groups (broad SMARTS) is 1. The summed E-state index contributed by atoms with van der Waals surface area (Å²) in [5, 5.41) is 28.9. The molecule has 3 heterocycles. The molecule has 1 atom stereocenters. The van der Waals surface area contributed by atoms with Crippen LogP contribution in [0.5, 0.6) is 0 Å². The van der Waals surface area contributed by atoms with Crippen molar-refractivity contribution in [2.24, 2.45) is 0 Å². The summed E-state index contributed by atoms with van der Waals surface area (Å²) in [5.74, 6) is -0.0907. The number of pyridine rings is 1. The van der Waals surface area contributed by atoms with E-state index in [1.54, 1.807) is 6.92 Å². The van der Waals surface area contributed by atoms with Gasteiger partial charge >= 0.3 is 5.97 Å². The molecule has 2 aliphatic heterocycles. The lowest BCUT2D eigenvalue weighted by atomic mass is 9.98. The summed E-state index contributed by atoms with van der Waals surface area (Å²) in [7, 11) is 0. The number of hydrogen-bond acceptors (Lipinski definition) is 7. The zero-order valence-electron chi connectivity index (χ0n) is 17.3. The highest BCUT2D eigenvalue weighted by Gasteiger charge is 2.36. The molecule has 1 aromatic rings. The van der Waals surface area contributed by atoms with E-state index in [9.17, 15) is 20.4 Å². The minimum atomic E-state index is -0.934. The van der Waals surface area contributed by atoms with Gasteiger partial charge in [0.05, 0.1) is 11.1 Å². The normalized spacial score (nSPS) is 21.2. The molecule has 8 heteroatoms. The Morgan fingerprint density at radius 2 is 1.73 bits per heavy atom. The molecule has 3 aliphatic rings. The van der Waals surface area contributed by atoms with Gasteiger partial charge in [0.25, 0.3) is 0 Å². The predicted molar refractivity (Wildman–Crippen MR) is 115 cm³/mol. The predicted octanol–water partition coefficient (Wildman–Crippen LogP) is 3.33. The number of nitrogens with zero attached hydrogens (tertiary/aromatic N) is 5. The maximum atomic E-state index is 11.4. The second-order valence-corrected chi connectivity index (χ2v) is 9.79. The monoisotopic (exact) mass is 425 g/mol. The van der Waals surface area contributed by atoms with Crippen LogP contribution in [0.15, 0.2) is 5.03 Å². The van der Waals surface area contributed by atoms with Crippen molar-refractivity contribution >= 4 is 23.5 Å². The van der Waals surface area contributed by atoms with Crippen LogP contribution < -0.4 is 4.90 Å². The number of anilines is 1. The van der Waals surface area contributed by atoms with Gasteiger partial charge in [-0.1, -0.05) is 11.8 Å². The van der Waals surface area contributed by atoms with Crippen molar-refractivity contribution in [1.29, 1.82) is 10.5 Å². The van der Waals surface area contributed by atoms with Gasteiger partial charge in [-0.2, -0.15) is 10.5 Å². The van der Waals surface area contributed by atoms with Gasteiger partial charge in [0.1, 0.15) is 28.2 Å². The average molecular weight is 426 g/mol. The van der Waals surface area contributed by atoms with E-state index < -0.39 is 11.2 Å². The maximum Gasteiger partial charge on any atom is 0.316 e. The summed E-state index contributed by atoms with van der Waals surface area (Å²) in [4.78, 5) is 20.9. The van der Waals surface area contributed by atoms with Gasteiger partial charge in [0.2, 0.25) is 0 Å². The van der Waals surface area contributed by atoms with Crippen LogP contribution >= 0.6 is 11.8 Å². The smallest absolute Gasteiger partial charge is 0.316 e. The van der Waals surface area contributed by atoms with E-state index in [2.05, 4.69) is 21.9 Å². The third-order valence-electron chi connectivity index (χ3n) is 6.45. The minimum Gasteiger partial charge on any atom is -0.480 e. The van der Waals surface area contributed by atoms with Crippen LogP contribution in [0.1, 0.15) is 68.1 Å². The number of likely N-dealkylation sites (tertiary alicyclic amines) is 1. The Morgan fingerprint density at radius 1 is 1.10 bits per heavy atom. The topological polar surface area (TPSA) is 104 Å². The molecule has 4 rings (SSSR count). The van der Waals surface area contributed by atoms with Crippen LogP contribution in [0.4, 0.5) is 5.82 Å². The van der Waals surface area contributed by atoms with E-state index in [1.165, 1.54) is 25.9 Å². The lowest BCUT2D eigenvalue weighted by Gasteiger charge is -2.37. The highest BCUT2D eigenvalue weighted by atomic mass is 32.2. The first-order valence-corrected chi connectivity index (χ1v) is 11.7. The summed E-state index contributed by atoms with van der Waals surface area (Å²) < 4.78 is 0. The minimum absolute atomic E-state index is 0.206. The largest absolute Gasteiger partial charge is 0.480 e. The number of nitriles is 2. The Kier molecular flexibility index (Phi) is 6.17. The van der Waals surface area contributed by atoms with E-state index in [4.69, 9.17) is 4.98 Å². The van der Waals surface area contributed by atoms with E-state index in [-0.39, 0.29) is 5.92 Å². The van der Waals surface area contributed by atoms with Crippen LogP contribution in [0.3, 0.4) is 0 Å². The molecular weight excluding hydrogens is 398 g/mol. The van der Waals surface area contributed by atoms with Crippen LogP contribution in [-0.4, -0.2) is 58.4 Å². The number of aliphatic carboxylic acids is 1. The van der Waals surface area contributed by atoms with Gasteiger partial charge in [0.15, 0.2) is 0 Å². The number of thioether (sulfide) groups is 1. The van der Waals surface area contributed by atoms with E-state index in [0.717, 1.165) is 56.1 Å². The molecule has 1 aliphatic carbocycles. The fourth-order valence-electron chi connectivity index (χ4n) is 4.65. The Balaban J connectivity index is 1.66. The molecule has 1 aromatic heterocycles. The molecule has 0 spiro atoms. The van der Waals surface area contributed by atoms with Gasteiger partial charge in [-0.25, -0.2) is 4.98 Å². The van der Waals surface area contributed by atoms with Gasteiger partial charge in [-0.15, -0.1) is 0 Å². The third kappa shape index (κ3) is 4.12. The fraction of sp³-hybridized carbons (Fsp3) is 0.636. The summed E-state index contributed by atoms with van der Waals surface area (Å²) >= 11 is 1.10. The molecule has 7 nitrogen and oxygen atoms in total. The first-order chi connectivity index (χ1) is 14.5. The summed E-state index contributed by atoms with van der Waals surface area (Å²) in [5.41, 5.74) is 1.69. The third-order valence-corrected chi connectivity index (χ3v) is 7.52. The van der Waals surface area contributed by atoms with Crippen LogP contribution in [-0.2, 0) is 4.79 Å². The number of carboxylic acids is 1. The van der Waals surface area contributed by atoms with E-state index in [0.29, 0.717) is 28.0 Å². The Labute approximate surface area is 181 Å². The average Bonchev–Trinajstić information content (AvgIpc) is 3.45. The van der Waals surface area contributed by atoms with Crippen molar-refractivity contribution in [3.05, 3.63) is 16.7 Å². The maximum absolute atomic E-state index is 11.4. The van der Waals surface area contributed by atoms with E-state index >= 15 is 0 Å². The standard InChI is InChI=1S/C22H27N5O2S/c1-14(22(28)29)30-21-18(13-24)19(15-4-5-15)17(12-23)20(25-21)27-10-6-16(7-11-27)26-8-2-3-9-26/h14-16H,2-11H2,1H3,(H,28,29). The second-order valence-electron chi connectivity index (χ2n) is 8.46. The molecule has 0 amide bonds.